The molecule has 0 spiro atoms. The molecule has 0 bridgehead atoms. The summed E-state index contributed by atoms with van der Waals surface area (Å²) in [5.41, 5.74) is 1.07. The first-order chi connectivity index (χ1) is 10.6. The van der Waals surface area contributed by atoms with Crippen molar-refractivity contribution in [3.05, 3.63) is 39.6 Å². The fourth-order valence-electron chi connectivity index (χ4n) is 3.46. The molecule has 0 radical (unpaired) electrons. The number of amides is 1. The van der Waals surface area contributed by atoms with Crippen molar-refractivity contribution in [2.24, 2.45) is 5.92 Å². The van der Waals surface area contributed by atoms with Crippen molar-refractivity contribution < 1.29 is 4.79 Å². The monoisotopic (exact) mass is 315 g/mol. The number of imidazole rings is 1. The fourth-order valence-corrected chi connectivity index (χ4v) is 4.52. The first kappa shape index (κ1) is 14.0. The van der Waals surface area contributed by atoms with E-state index in [1.807, 2.05) is 18.3 Å². The number of carbonyl (C=O) groups excluding carboxylic acids is 1. The fraction of sp³-hybridized carbons (Fsp3) is 0.529. The maximum absolute atomic E-state index is 12.4. The van der Waals surface area contributed by atoms with Crippen LogP contribution in [0.2, 0.25) is 0 Å². The van der Waals surface area contributed by atoms with Gasteiger partial charge in [0.1, 0.15) is 5.82 Å². The van der Waals surface area contributed by atoms with E-state index in [1.165, 1.54) is 9.75 Å². The average Bonchev–Trinajstić information content (AvgIpc) is 3.03. The van der Waals surface area contributed by atoms with Crippen LogP contribution in [0.4, 0.5) is 0 Å². The van der Waals surface area contributed by atoms with E-state index in [2.05, 4.69) is 40.1 Å². The lowest BCUT2D eigenvalue weighted by Gasteiger charge is -2.24. The number of nitrogens with one attached hydrogen (secondary N) is 1. The summed E-state index contributed by atoms with van der Waals surface area (Å²) in [4.78, 5) is 19.7. The lowest BCUT2D eigenvalue weighted by atomic mass is 10.1. The second-order valence-electron chi connectivity index (χ2n) is 6.59. The second kappa shape index (κ2) is 5.23. The maximum Gasteiger partial charge on any atom is 0.224 e. The number of hydrogen-bond donors (Lipinski definition) is 1. The topological polar surface area (TPSA) is 46.9 Å². The number of hydrogen-bond acceptors (Lipinski definition) is 3. The van der Waals surface area contributed by atoms with Gasteiger partial charge in [0.05, 0.1) is 5.69 Å². The van der Waals surface area contributed by atoms with E-state index in [0.29, 0.717) is 5.92 Å². The maximum atomic E-state index is 12.4. The van der Waals surface area contributed by atoms with Crippen LogP contribution in [-0.4, -0.2) is 21.5 Å². The van der Waals surface area contributed by atoms with Crippen LogP contribution < -0.4 is 5.32 Å². The molecule has 2 aromatic heterocycles. The summed E-state index contributed by atoms with van der Waals surface area (Å²) in [5, 5.41) is 3.25. The quantitative estimate of drug-likeness (QED) is 0.947. The van der Waals surface area contributed by atoms with Gasteiger partial charge in [-0.05, 0) is 38.8 Å². The van der Waals surface area contributed by atoms with Crippen LogP contribution in [0.15, 0.2) is 18.3 Å². The number of carbonyl (C=O) groups is 1. The molecule has 4 rings (SSSR count). The van der Waals surface area contributed by atoms with E-state index >= 15 is 0 Å². The standard InChI is InChI=1S/C17H21N3OS/c1-10-8-20-9-12(4-6-16(20)18-10)19-17(21)14-7-13(14)15-5-3-11(2)22-15/h3,5,8,12-14H,4,6-7,9H2,1-2H3,(H,19,21)/t12-,13+,14-/m0/s1. The molecule has 0 saturated heterocycles. The highest BCUT2D eigenvalue weighted by Crippen LogP contribution is 2.49. The number of aryl methyl sites for hydroxylation is 3. The number of aromatic nitrogens is 2. The number of fused-ring (bicyclic) bond motifs is 1. The Morgan fingerprint density at radius 3 is 3.05 bits per heavy atom. The smallest absolute Gasteiger partial charge is 0.224 e. The molecule has 1 fully saturated rings. The van der Waals surface area contributed by atoms with Crippen molar-refractivity contribution in [3.63, 3.8) is 0 Å². The van der Waals surface area contributed by atoms with Crippen molar-refractivity contribution in [2.45, 2.75) is 51.6 Å². The van der Waals surface area contributed by atoms with Crippen LogP contribution in [-0.2, 0) is 17.8 Å². The highest BCUT2D eigenvalue weighted by molar-refractivity contribution is 7.12. The molecular weight excluding hydrogens is 294 g/mol. The van der Waals surface area contributed by atoms with Crippen molar-refractivity contribution in [3.8, 4) is 0 Å². The van der Waals surface area contributed by atoms with Gasteiger partial charge < -0.3 is 9.88 Å². The molecule has 3 atom stereocenters. The Labute approximate surface area is 134 Å². The van der Waals surface area contributed by atoms with Crippen LogP contribution in [0.1, 0.15) is 40.0 Å². The van der Waals surface area contributed by atoms with Crippen LogP contribution in [0.3, 0.4) is 0 Å². The van der Waals surface area contributed by atoms with Gasteiger partial charge in [0.15, 0.2) is 0 Å². The lowest BCUT2D eigenvalue weighted by Crippen LogP contribution is -2.41. The first-order valence-corrected chi connectivity index (χ1v) is 8.81. The number of nitrogens with zero attached hydrogens (tertiary/aromatic N) is 2. The first-order valence-electron chi connectivity index (χ1n) is 7.99. The van der Waals surface area contributed by atoms with E-state index in [0.717, 1.165) is 37.3 Å². The van der Waals surface area contributed by atoms with Crippen LogP contribution >= 0.6 is 11.3 Å². The molecule has 2 aromatic rings. The van der Waals surface area contributed by atoms with Crippen LogP contribution in [0, 0.1) is 19.8 Å². The molecular formula is C17H21N3OS. The Balaban J connectivity index is 1.36. The van der Waals surface area contributed by atoms with E-state index in [-0.39, 0.29) is 17.9 Å². The van der Waals surface area contributed by atoms with Gasteiger partial charge in [-0.1, -0.05) is 0 Å². The van der Waals surface area contributed by atoms with Gasteiger partial charge in [0.25, 0.3) is 0 Å². The third-order valence-corrected chi connectivity index (χ3v) is 5.85. The van der Waals surface area contributed by atoms with Gasteiger partial charge >= 0.3 is 0 Å². The highest BCUT2D eigenvalue weighted by atomic mass is 32.1. The van der Waals surface area contributed by atoms with Gasteiger partial charge in [0.2, 0.25) is 5.91 Å². The Hall–Kier alpha value is -1.62. The van der Waals surface area contributed by atoms with E-state index in [9.17, 15) is 4.79 Å². The summed E-state index contributed by atoms with van der Waals surface area (Å²) >= 11 is 1.83. The molecule has 0 unspecified atom stereocenters. The summed E-state index contributed by atoms with van der Waals surface area (Å²) in [6.45, 7) is 5.01. The molecule has 1 amide bonds. The van der Waals surface area contributed by atoms with Gasteiger partial charge in [-0.2, -0.15) is 0 Å². The Morgan fingerprint density at radius 1 is 1.41 bits per heavy atom. The Kier molecular flexibility index (Phi) is 3.33. The second-order valence-corrected chi connectivity index (χ2v) is 7.91. The zero-order chi connectivity index (χ0) is 15.3. The highest BCUT2D eigenvalue weighted by Gasteiger charge is 2.45. The minimum atomic E-state index is 0.184. The zero-order valence-corrected chi connectivity index (χ0v) is 13.8. The van der Waals surface area contributed by atoms with Crippen molar-refractivity contribution in [1.82, 2.24) is 14.9 Å². The average molecular weight is 315 g/mol. The molecule has 1 aliphatic carbocycles. The minimum Gasteiger partial charge on any atom is -0.351 e. The molecule has 22 heavy (non-hydrogen) atoms. The van der Waals surface area contributed by atoms with Crippen LogP contribution in [0.5, 0.6) is 0 Å². The normalized spacial score (nSPS) is 26.5. The molecule has 1 aliphatic heterocycles. The Morgan fingerprint density at radius 2 is 2.27 bits per heavy atom. The summed E-state index contributed by atoms with van der Waals surface area (Å²) < 4.78 is 2.19. The predicted octanol–water partition coefficient (Wildman–Crippen LogP) is 2.80. The van der Waals surface area contributed by atoms with Crippen molar-refractivity contribution >= 4 is 17.2 Å². The van der Waals surface area contributed by atoms with Gasteiger partial charge in [-0.25, -0.2) is 4.98 Å². The number of rotatable bonds is 3. The summed E-state index contributed by atoms with van der Waals surface area (Å²) in [5.74, 6) is 2.03. The van der Waals surface area contributed by atoms with Gasteiger partial charge in [0, 0.05) is 46.8 Å². The molecule has 0 aromatic carbocycles. The largest absolute Gasteiger partial charge is 0.351 e. The SMILES string of the molecule is Cc1cn2c(n1)CC[C@H](NC(=O)[C@H]1C[C@H]1c1ccc(C)s1)C2. The van der Waals surface area contributed by atoms with Crippen molar-refractivity contribution in [1.29, 1.82) is 0 Å². The zero-order valence-electron chi connectivity index (χ0n) is 13.0. The number of thiophene rings is 1. The van der Waals surface area contributed by atoms with E-state index in [1.54, 1.807) is 0 Å². The van der Waals surface area contributed by atoms with Gasteiger partial charge in [-0.15, -0.1) is 11.3 Å². The summed E-state index contributed by atoms with van der Waals surface area (Å²) in [7, 11) is 0. The van der Waals surface area contributed by atoms with Gasteiger partial charge in [-0.3, -0.25) is 4.79 Å². The molecule has 1 N–H and O–H groups in total. The minimum absolute atomic E-state index is 0.184. The molecule has 3 heterocycles. The third kappa shape index (κ3) is 2.58. The Bertz CT molecular complexity index is 717. The summed E-state index contributed by atoms with van der Waals surface area (Å²) in [6, 6.07) is 4.58. The predicted molar refractivity (Wildman–Crippen MR) is 87.1 cm³/mol. The van der Waals surface area contributed by atoms with E-state index in [4.69, 9.17) is 0 Å². The lowest BCUT2D eigenvalue weighted by molar-refractivity contribution is -0.123. The molecule has 1 saturated carbocycles. The molecule has 2 aliphatic rings. The molecule has 5 heteroatoms. The summed E-state index contributed by atoms with van der Waals surface area (Å²) in [6.07, 6.45) is 5.05. The third-order valence-electron chi connectivity index (χ3n) is 4.71. The molecule has 116 valence electrons. The van der Waals surface area contributed by atoms with E-state index < -0.39 is 0 Å². The van der Waals surface area contributed by atoms with Crippen molar-refractivity contribution in [2.75, 3.05) is 0 Å². The molecule has 4 nitrogen and oxygen atoms in total. The van der Waals surface area contributed by atoms with Crippen LogP contribution in [0.25, 0.3) is 0 Å².